The number of aliphatic carboxylic acids is 1. The van der Waals surface area contributed by atoms with E-state index in [0.29, 0.717) is 32.1 Å². The van der Waals surface area contributed by atoms with Crippen molar-refractivity contribution in [1.82, 2.24) is 10.6 Å². The first-order valence-electron chi connectivity index (χ1n) is 7.51. The molecule has 0 aromatic rings. The zero-order valence-electron chi connectivity index (χ0n) is 12.7. The molecule has 5 nitrogen and oxygen atoms in total. The number of alkyl halides is 3. The van der Waals surface area contributed by atoms with Gasteiger partial charge in [-0.3, -0.25) is 4.79 Å². The molecule has 128 valence electrons. The lowest BCUT2D eigenvalue weighted by Crippen LogP contribution is -2.54. The molecule has 1 aliphatic rings. The van der Waals surface area contributed by atoms with Crippen LogP contribution in [0.25, 0.3) is 0 Å². The summed E-state index contributed by atoms with van der Waals surface area (Å²) < 4.78 is 38.8. The van der Waals surface area contributed by atoms with Gasteiger partial charge in [0.15, 0.2) is 0 Å². The van der Waals surface area contributed by atoms with Crippen molar-refractivity contribution in [2.24, 2.45) is 11.8 Å². The van der Waals surface area contributed by atoms with Crippen LogP contribution in [-0.4, -0.2) is 35.4 Å². The molecule has 1 saturated carbocycles. The van der Waals surface area contributed by atoms with Crippen LogP contribution in [-0.2, 0) is 4.79 Å². The molecule has 0 radical (unpaired) electrons. The highest BCUT2D eigenvalue weighted by Gasteiger charge is 2.43. The van der Waals surface area contributed by atoms with Gasteiger partial charge in [-0.15, -0.1) is 0 Å². The Morgan fingerprint density at radius 2 is 1.77 bits per heavy atom. The first kappa shape index (κ1) is 18.6. The third-order valence-corrected chi connectivity index (χ3v) is 4.26. The van der Waals surface area contributed by atoms with Gasteiger partial charge >= 0.3 is 18.2 Å². The summed E-state index contributed by atoms with van der Waals surface area (Å²) >= 11 is 0. The number of amides is 2. The molecular weight excluding hydrogens is 301 g/mol. The maximum atomic E-state index is 12.9. The summed E-state index contributed by atoms with van der Waals surface area (Å²) in [5.41, 5.74) is 0. The van der Waals surface area contributed by atoms with Crippen molar-refractivity contribution in [3.05, 3.63) is 0 Å². The second-order valence-electron chi connectivity index (χ2n) is 5.91. The number of nitrogens with one attached hydrogen (secondary N) is 2. The lowest BCUT2D eigenvalue weighted by molar-refractivity contribution is -0.164. The Bertz CT molecular complexity index is 393. The predicted molar refractivity (Wildman–Crippen MR) is 74.3 cm³/mol. The average Bonchev–Trinajstić information content (AvgIpc) is 2.43. The Labute approximate surface area is 127 Å². The Morgan fingerprint density at radius 3 is 2.18 bits per heavy atom. The molecule has 0 aliphatic heterocycles. The highest BCUT2D eigenvalue weighted by atomic mass is 19.4. The molecule has 8 heteroatoms. The molecule has 0 aromatic heterocycles. The summed E-state index contributed by atoms with van der Waals surface area (Å²) in [6.07, 6.45) is -2.42. The van der Waals surface area contributed by atoms with E-state index < -0.39 is 36.1 Å². The smallest absolute Gasteiger partial charge is 0.408 e. The normalized spacial score (nSPS) is 25.1. The molecule has 0 saturated heterocycles. The molecule has 2 amide bonds. The Balaban J connectivity index is 2.50. The summed E-state index contributed by atoms with van der Waals surface area (Å²) in [6, 6.07) is -3.00. The Kier molecular flexibility index (Phi) is 6.49. The monoisotopic (exact) mass is 324 g/mol. The number of halogens is 3. The van der Waals surface area contributed by atoms with Crippen molar-refractivity contribution in [2.45, 2.75) is 64.2 Å². The molecule has 3 N–H and O–H groups in total. The van der Waals surface area contributed by atoms with Gasteiger partial charge in [-0.05, 0) is 31.6 Å². The van der Waals surface area contributed by atoms with Crippen LogP contribution in [0.5, 0.6) is 0 Å². The highest BCUT2D eigenvalue weighted by molar-refractivity contribution is 5.75. The highest BCUT2D eigenvalue weighted by Crippen LogP contribution is 2.28. The van der Waals surface area contributed by atoms with Crippen LogP contribution in [0.15, 0.2) is 0 Å². The van der Waals surface area contributed by atoms with Gasteiger partial charge in [-0.25, -0.2) is 4.79 Å². The second-order valence-corrected chi connectivity index (χ2v) is 5.91. The van der Waals surface area contributed by atoms with Crippen molar-refractivity contribution < 1.29 is 27.9 Å². The van der Waals surface area contributed by atoms with Crippen LogP contribution in [0.2, 0.25) is 0 Å². The topological polar surface area (TPSA) is 78.4 Å². The van der Waals surface area contributed by atoms with Gasteiger partial charge in [0.1, 0.15) is 6.04 Å². The van der Waals surface area contributed by atoms with E-state index in [2.05, 4.69) is 5.32 Å². The second kappa shape index (κ2) is 7.69. The SMILES string of the molecule is CCC(C)C(NC(=O)NC1CCC(C(=O)O)CC1)C(F)(F)F. The minimum Gasteiger partial charge on any atom is -0.481 e. The summed E-state index contributed by atoms with van der Waals surface area (Å²) in [7, 11) is 0. The van der Waals surface area contributed by atoms with E-state index in [1.54, 1.807) is 6.92 Å². The summed E-state index contributed by atoms with van der Waals surface area (Å²) in [5, 5.41) is 13.4. The predicted octanol–water partition coefficient (Wildman–Crippen LogP) is 2.91. The van der Waals surface area contributed by atoms with Crippen molar-refractivity contribution in [3.63, 3.8) is 0 Å². The van der Waals surface area contributed by atoms with Gasteiger partial charge in [-0.2, -0.15) is 13.2 Å². The minimum absolute atomic E-state index is 0.276. The molecule has 2 atom stereocenters. The fourth-order valence-electron chi connectivity index (χ4n) is 2.64. The largest absolute Gasteiger partial charge is 0.481 e. The minimum atomic E-state index is -4.49. The van der Waals surface area contributed by atoms with Crippen LogP contribution < -0.4 is 10.6 Å². The third kappa shape index (κ3) is 5.38. The maximum absolute atomic E-state index is 12.9. The summed E-state index contributed by atoms with van der Waals surface area (Å²) in [5.74, 6) is -2.01. The lowest BCUT2D eigenvalue weighted by Gasteiger charge is -2.30. The van der Waals surface area contributed by atoms with Gasteiger partial charge in [0, 0.05) is 6.04 Å². The molecule has 1 aliphatic carbocycles. The van der Waals surface area contributed by atoms with Crippen LogP contribution in [0, 0.1) is 11.8 Å². The maximum Gasteiger partial charge on any atom is 0.408 e. The Hall–Kier alpha value is -1.47. The van der Waals surface area contributed by atoms with E-state index in [9.17, 15) is 22.8 Å². The molecule has 1 rings (SSSR count). The van der Waals surface area contributed by atoms with Gasteiger partial charge < -0.3 is 15.7 Å². The fourth-order valence-corrected chi connectivity index (χ4v) is 2.64. The van der Waals surface area contributed by atoms with Gasteiger partial charge in [-0.1, -0.05) is 20.3 Å². The third-order valence-electron chi connectivity index (χ3n) is 4.26. The van der Waals surface area contributed by atoms with Gasteiger partial charge in [0.25, 0.3) is 0 Å². The van der Waals surface area contributed by atoms with Crippen molar-refractivity contribution in [3.8, 4) is 0 Å². The van der Waals surface area contributed by atoms with Crippen molar-refractivity contribution in [1.29, 1.82) is 0 Å². The van der Waals surface area contributed by atoms with E-state index in [0.717, 1.165) is 0 Å². The van der Waals surface area contributed by atoms with Gasteiger partial charge in [0.2, 0.25) is 0 Å². The van der Waals surface area contributed by atoms with E-state index >= 15 is 0 Å². The molecule has 22 heavy (non-hydrogen) atoms. The first-order valence-corrected chi connectivity index (χ1v) is 7.51. The van der Waals surface area contributed by atoms with Crippen LogP contribution in [0.1, 0.15) is 46.0 Å². The van der Waals surface area contributed by atoms with Crippen LogP contribution in [0.4, 0.5) is 18.0 Å². The van der Waals surface area contributed by atoms with Crippen molar-refractivity contribution >= 4 is 12.0 Å². The first-order chi connectivity index (χ1) is 10.1. The van der Waals surface area contributed by atoms with E-state index in [1.807, 2.05) is 5.32 Å². The molecule has 0 spiro atoms. The number of rotatable bonds is 5. The number of hydrogen-bond donors (Lipinski definition) is 3. The van der Waals surface area contributed by atoms with E-state index in [1.165, 1.54) is 6.92 Å². The van der Waals surface area contributed by atoms with E-state index in [4.69, 9.17) is 5.11 Å². The zero-order chi connectivity index (χ0) is 16.9. The number of carbonyl (C=O) groups is 2. The number of urea groups is 1. The van der Waals surface area contributed by atoms with Crippen molar-refractivity contribution in [2.75, 3.05) is 0 Å². The quantitative estimate of drug-likeness (QED) is 0.727. The molecule has 0 bridgehead atoms. The van der Waals surface area contributed by atoms with E-state index in [-0.39, 0.29) is 6.04 Å². The van der Waals surface area contributed by atoms with Crippen LogP contribution in [0.3, 0.4) is 0 Å². The molecule has 1 fully saturated rings. The standard InChI is InChI=1S/C14H23F3N2O3/c1-3-8(2)11(14(15,16)17)19-13(22)18-10-6-4-9(5-7-10)12(20)21/h8-11H,3-7H2,1-2H3,(H,20,21)(H2,18,19,22). The molecule has 0 heterocycles. The lowest BCUT2D eigenvalue weighted by atomic mass is 9.86. The number of carbonyl (C=O) groups excluding carboxylic acids is 1. The average molecular weight is 324 g/mol. The van der Waals surface area contributed by atoms with Gasteiger partial charge in [0.05, 0.1) is 5.92 Å². The van der Waals surface area contributed by atoms with Crippen LogP contribution >= 0.6 is 0 Å². The number of hydrogen-bond acceptors (Lipinski definition) is 2. The molecular formula is C14H23F3N2O3. The molecule has 2 unspecified atom stereocenters. The summed E-state index contributed by atoms with van der Waals surface area (Å²) in [6.45, 7) is 3.08. The summed E-state index contributed by atoms with van der Waals surface area (Å²) in [4.78, 5) is 22.6. The number of carboxylic acid groups (broad SMARTS) is 1. The zero-order valence-corrected chi connectivity index (χ0v) is 12.7. The molecule has 0 aromatic carbocycles. The number of carboxylic acids is 1. The Morgan fingerprint density at radius 1 is 1.23 bits per heavy atom. The fraction of sp³-hybridized carbons (Fsp3) is 0.857.